The zero-order valence-electron chi connectivity index (χ0n) is 16.1. The topological polar surface area (TPSA) is 59.1 Å². The normalized spacial score (nSPS) is 17.0. The van der Waals surface area contributed by atoms with Gasteiger partial charge < -0.3 is 19.3 Å². The summed E-state index contributed by atoms with van der Waals surface area (Å²) in [6.45, 7) is 4.54. The molecule has 0 aromatic heterocycles. The summed E-state index contributed by atoms with van der Waals surface area (Å²) in [5.74, 6) is 0.963. The van der Waals surface area contributed by atoms with Crippen molar-refractivity contribution in [1.29, 1.82) is 0 Å². The van der Waals surface area contributed by atoms with Gasteiger partial charge in [0.15, 0.2) is 0 Å². The maximum Gasteiger partial charge on any atom is 0.254 e. The number of aryl methyl sites for hydroxylation is 1. The maximum atomic E-state index is 13.0. The lowest BCUT2D eigenvalue weighted by Gasteiger charge is -2.39. The van der Waals surface area contributed by atoms with Crippen molar-refractivity contribution >= 4 is 17.5 Å². The van der Waals surface area contributed by atoms with E-state index in [1.54, 1.807) is 55.2 Å². The summed E-state index contributed by atoms with van der Waals surface area (Å²) < 4.78 is 10.7. The lowest BCUT2D eigenvalue weighted by Crippen LogP contribution is -2.57. The fraction of sp³-hybridized carbons (Fsp3) is 0.333. The van der Waals surface area contributed by atoms with Gasteiger partial charge in [0.2, 0.25) is 5.91 Å². The molecular formula is C21H24N2O4. The summed E-state index contributed by atoms with van der Waals surface area (Å²) in [7, 11) is 3.14. The molecule has 1 aliphatic heterocycles. The molecule has 1 atom stereocenters. The average Bonchev–Trinajstić information content (AvgIpc) is 2.69. The van der Waals surface area contributed by atoms with Crippen LogP contribution in [0.1, 0.15) is 22.8 Å². The lowest BCUT2D eigenvalue weighted by atomic mass is 10.1. The molecule has 2 aromatic carbocycles. The molecule has 1 aliphatic rings. The van der Waals surface area contributed by atoms with Crippen molar-refractivity contribution < 1.29 is 19.1 Å². The Balaban J connectivity index is 1.86. The number of amides is 2. The zero-order valence-corrected chi connectivity index (χ0v) is 16.1. The number of anilines is 1. The van der Waals surface area contributed by atoms with Crippen molar-refractivity contribution in [3.05, 3.63) is 53.6 Å². The molecule has 0 saturated carbocycles. The van der Waals surface area contributed by atoms with Crippen LogP contribution in [0.15, 0.2) is 42.5 Å². The van der Waals surface area contributed by atoms with Gasteiger partial charge in [-0.15, -0.1) is 0 Å². The van der Waals surface area contributed by atoms with Crippen LogP contribution in [0.4, 0.5) is 5.69 Å². The van der Waals surface area contributed by atoms with Crippen molar-refractivity contribution in [3.8, 4) is 11.5 Å². The van der Waals surface area contributed by atoms with E-state index < -0.39 is 6.04 Å². The van der Waals surface area contributed by atoms with Gasteiger partial charge in [-0.2, -0.15) is 0 Å². The summed E-state index contributed by atoms with van der Waals surface area (Å²) in [6.07, 6.45) is 0. The van der Waals surface area contributed by atoms with Crippen molar-refractivity contribution in [2.24, 2.45) is 0 Å². The third kappa shape index (κ3) is 3.60. The molecule has 1 saturated heterocycles. The first-order valence-corrected chi connectivity index (χ1v) is 8.87. The Bertz CT molecular complexity index is 865. The molecule has 3 rings (SSSR count). The fourth-order valence-electron chi connectivity index (χ4n) is 3.34. The molecule has 0 spiro atoms. The number of hydrogen-bond donors (Lipinski definition) is 0. The number of methoxy groups -OCH3 is 2. The van der Waals surface area contributed by atoms with Crippen molar-refractivity contribution in [3.63, 3.8) is 0 Å². The third-order valence-corrected chi connectivity index (χ3v) is 4.86. The molecule has 0 radical (unpaired) electrons. The van der Waals surface area contributed by atoms with E-state index in [1.165, 1.54) is 0 Å². The van der Waals surface area contributed by atoms with E-state index >= 15 is 0 Å². The first-order chi connectivity index (χ1) is 13.0. The van der Waals surface area contributed by atoms with E-state index in [0.29, 0.717) is 35.8 Å². The van der Waals surface area contributed by atoms with Crippen LogP contribution in [0.3, 0.4) is 0 Å². The van der Waals surface area contributed by atoms with E-state index in [4.69, 9.17) is 9.47 Å². The fourth-order valence-corrected chi connectivity index (χ4v) is 3.34. The van der Waals surface area contributed by atoms with E-state index in [-0.39, 0.29) is 11.8 Å². The molecule has 6 heteroatoms. The van der Waals surface area contributed by atoms with Gasteiger partial charge in [0.1, 0.15) is 17.5 Å². The second kappa shape index (κ2) is 7.70. The summed E-state index contributed by atoms with van der Waals surface area (Å²) in [4.78, 5) is 29.2. The van der Waals surface area contributed by atoms with Gasteiger partial charge in [-0.3, -0.25) is 9.59 Å². The van der Waals surface area contributed by atoms with Gasteiger partial charge in [0.25, 0.3) is 5.91 Å². The van der Waals surface area contributed by atoms with Crippen LogP contribution in [0.25, 0.3) is 0 Å². The predicted molar refractivity (Wildman–Crippen MR) is 104 cm³/mol. The molecule has 0 aliphatic carbocycles. The minimum absolute atomic E-state index is 0.128. The number of hydrogen-bond acceptors (Lipinski definition) is 4. The molecular weight excluding hydrogens is 344 g/mol. The van der Waals surface area contributed by atoms with Crippen LogP contribution in [-0.4, -0.2) is 50.1 Å². The minimum Gasteiger partial charge on any atom is -0.497 e. The van der Waals surface area contributed by atoms with E-state index in [0.717, 1.165) is 5.56 Å². The van der Waals surface area contributed by atoms with Crippen LogP contribution < -0.4 is 14.4 Å². The smallest absolute Gasteiger partial charge is 0.254 e. The van der Waals surface area contributed by atoms with Crippen molar-refractivity contribution in [2.45, 2.75) is 19.9 Å². The largest absolute Gasteiger partial charge is 0.497 e. The van der Waals surface area contributed by atoms with Gasteiger partial charge in [-0.1, -0.05) is 17.7 Å². The number of ether oxygens (including phenoxy) is 2. The third-order valence-electron chi connectivity index (χ3n) is 4.86. The molecule has 0 N–H and O–H groups in total. The van der Waals surface area contributed by atoms with E-state index in [2.05, 4.69) is 0 Å². The summed E-state index contributed by atoms with van der Waals surface area (Å²) >= 11 is 0. The second-order valence-corrected chi connectivity index (χ2v) is 6.57. The summed E-state index contributed by atoms with van der Waals surface area (Å²) in [6, 6.07) is 12.2. The Morgan fingerprint density at radius 3 is 2.52 bits per heavy atom. The zero-order chi connectivity index (χ0) is 19.6. The summed E-state index contributed by atoms with van der Waals surface area (Å²) in [5.41, 5.74) is 2.26. The highest BCUT2D eigenvalue weighted by atomic mass is 16.5. The van der Waals surface area contributed by atoms with Gasteiger partial charge in [-0.05, 0) is 38.1 Å². The number of benzene rings is 2. The Morgan fingerprint density at radius 1 is 1.07 bits per heavy atom. The van der Waals surface area contributed by atoms with E-state index in [9.17, 15) is 9.59 Å². The molecule has 0 bridgehead atoms. The molecule has 1 unspecified atom stereocenters. The monoisotopic (exact) mass is 368 g/mol. The molecule has 27 heavy (non-hydrogen) atoms. The number of piperazine rings is 1. The number of rotatable bonds is 4. The Labute approximate surface area is 159 Å². The molecule has 1 fully saturated rings. The molecule has 6 nitrogen and oxygen atoms in total. The first-order valence-electron chi connectivity index (χ1n) is 8.87. The molecule has 2 amide bonds. The van der Waals surface area contributed by atoms with E-state index in [1.807, 2.05) is 25.1 Å². The van der Waals surface area contributed by atoms with Crippen LogP contribution in [0, 0.1) is 6.92 Å². The van der Waals surface area contributed by atoms with Crippen LogP contribution in [0.2, 0.25) is 0 Å². The SMILES string of the molecule is COc1ccc(OC)c(N2CCN(C(=O)c3cccc(C)c3)C(C)C2=O)c1. The standard InChI is InChI=1S/C21H24N2O4/c1-14-6-5-7-16(12-14)21(25)22-10-11-23(20(24)15(22)2)18-13-17(26-3)8-9-19(18)27-4/h5-9,12-13,15H,10-11H2,1-4H3. The number of carbonyl (C=O) groups excluding carboxylic acids is 2. The summed E-state index contributed by atoms with van der Waals surface area (Å²) in [5, 5.41) is 0. The highest BCUT2D eigenvalue weighted by Gasteiger charge is 2.36. The Kier molecular flexibility index (Phi) is 5.35. The van der Waals surface area contributed by atoms with Gasteiger partial charge >= 0.3 is 0 Å². The van der Waals surface area contributed by atoms with Gasteiger partial charge in [0.05, 0.1) is 19.9 Å². The van der Waals surface area contributed by atoms with Crippen LogP contribution in [-0.2, 0) is 4.79 Å². The van der Waals surface area contributed by atoms with Crippen LogP contribution in [0.5, 0.6) is 11.5 Å². The average molecular weight is 368 g/mol. The minimum atomic E-state index is -0.567. The predicted octanol–water partition coefficient (Wildman–Crippen LogP) is 2.89. The highest BCUT2D eigenvalue weighted by molar-refractivity contribution is 6.04. The Hall–Kier alpha value is -3.02. The van der Waals surface area contributed by atoms with Crippen molar-refractivity contribution in [1.82, 2.24) is 4.90 Å². The molecule has 2 aromatic rings. The Morgan fingerprint density at radius 2 is 1.85 bits per heavy atom. The number of carbonyl (C=O) groups is 2. The maximum absolute atomic E-state index is 13.0. The van der Waals surface area contributed by atoms with Gasteiger partial charge in [0, 0.05) is 24.7 Å². The number of nitrogens with zero attached hydrogens (tertiary/aromatic N) is 2. The van der Waals surface area contributed by atoms with Crippen LogP contribution >= 0.6 is 0 Å². The highest BCUT2D eigenvalue weighted by Crippen LogP contribution is 2.34. The molecule has 1 heterocycles. The quantitative estimate of drug-likeness (QED) is 0.833. The second-order valence-electron chi connectivity index (χ2n) is 6.57. The first kappa shape index (κ1) is 18.8. The van der Waals surface area contributed by atoms with Gasteiger partial charge in [-0.25, -0.2) is 0 Å². The van der Waals surface area contributed by atoms with Crippen molar-refractivity contribution in [2.75, 3.05) is 32.2 Å². The molecule has 142 valence electrons. The lowest BCUT2D eigenvalue weighted by molar-refractivity contribution is -0.124.